The predicted octanol–water partition coefficient (Wildman–Crippen LogP) is 3.99. The summed E-state index contributed by atoms with van der Waals surface area (Å²) in [5.41, 5.74) is 2.97. The number of hydrogen-bond acceptors (Lipinski definition) is 2. The molecule has 3 aromatic carbocycles. The summed E-state index contributed by atoms with van der Waals surface area (Å²) in [6, 6.07) is 31.1. The SMILES string of the molecule is O=C(O)C1CN(C(c2ccccc2)(c2ccccc2)c2ccccc2)C1. The van der Waals surface area contributed by atoms with Gasteiger partial charge in [-0.1, -0.05) is 91.0 Å². The number of nitrogens with zero attached hydrogens (tertiary/aromatic N) is 1. The normalized spacial score (nSPS) is 15.4. The smallest absolute Gasteiger partial charge is 0.309 e. The van der Waals surface area contributed by atoms with Crippen LogP contribution in [0.15, 0.2) is 91.0 Å². The van der Waals surface area contributed by atoms with Gasteiger partial charge in [-0.15, -0.1) is 0 Å². The molecule has 0 bridgehead atoms. The van der Waals surface area contributed by atoms with Crippen molar-refractivity contribution in [3.05, 3.63) is 108 Å². The number of aliphatic carboxylic acids is 1. The molecule has 1 aliphatic heterocycles. The van der Waals surface area contributed by atoms with Gasteiger partial charge < -0.3 is 5.11 Å². The molecule has 0 radical (unpaired) electrons. The van der Waals surface area contributed by atoms with Crippen LogP contribution in [0, 0.1) is 5.92 Å². The van der Waals surface area contributed by atoms with Gasteiger partial charge in [-0.2, -0.15) is 0 Å². The molecule has 0 unspecified atom stereocenters. The molecule has 3 nitrogen and oxygen atoms in total. The lowest BCUT2D eigenvalue weighted by Crippen LogP contribution is -2.61. The lowest BCUT2D eigenvalue weighted by Gasteiger charge is -2.52. The molecule has 1 fully saturated rings. The number of carboxylic acid groups (broad SMARTS) is 1. The summed E-state index contributed by atoms with van der Waals surface area (Å²) in [7, 11) is 0. The molecule has 1 N–H and O–H groups in total. The van der Waals surface area contributed by atoms with Gasteiger partial charge in [0.15, 0.2) is 0 Å². The fraction of sp³-hybridized carbons (Fsp3) is 0.174. The second kappa shape index (κ2) is 6.77. The zero-order valence-electron chi connectivity index (χ0n) is 14.5. The van der Waals surface area contributed by atoms with Gasteiger partial charge >= 0.3 is 5.97 Å². The third kappa shape index (κ3) is 2.61. The Morgan fingerprint density at radius 1 is 0.731 bits per heavy atom. The van der Waals surface area contributed by atoms with Crippen LogP contribution < -0.4 is 0 Å². The Labute approximate surface area is 153 Å². The average Bonchev–Trinajstić information content (AvgIpc) is 2.66. The first-order chi connectivity index (χ1) is 12.7. The van der Waals surface area contributed by atoms with Crippen molar-refractivity contribution in [2.75, 3.05) is 13.1 Å². The Hall–Kier alpha value is -2.91. The molecule has 1 heterocycles. The van der Waals surface area contributed by atoms with Crippen LogP contribution in [0.4, 0.5) is 0 Å². The van der Waals surface area contributed by atoms with E-state index >= 15 is 0 Å². The predicted molar refractivity (Wildman–Crippen MR) is 102 cm³/mol. The first-order valence-corrected chi connectivity index (χ1v) is 8.87. The van der Waals surface area contributed by atoms with E-state index in [0.717, 1.165) is 16.7 Å². The Morgan fingerprint density at radius 2 is 1.08 bits per heavy atom. The van der Waals surface area contributed by atoms with E-state index in [2.05, 4.69) is 41.3 Å². The zero-order valence-corrected chi connectivity index (χ0v) is 14.5. The lowest BCUT2D eigenvalue weighted by atomic mass is 9.73. The van der Waals surface area contributed by atoms with Crippen LogP contribution in [0.5, 0.6) is 0 Å². The van der Waals surface area contributed by atoms with Crippen molar-refractivity contribution in [3.63, 3.8) is 0 Å². The standard InChI is InChI=1S/C23H21NO2/c25-22(26)18-16-24(17-18)23(19-10-4-1-5-11-19,20-12-6-2-7-13-20)21-14-8-3-9-15-21/h1-15,18H,16-17H2,(H,25,26). The molecule has 4 rings (SSSR count). The van der Waals surface area contributed by atoms with Crippen molar-refractivity contribution in [3.8, 4) is 0 Å². The van der Waals surface area contributed by atoms with Crippen molar-refractivity contribution < 1.29 is 9.90 Å². The Morgan fingerprint density at radius 3 is 1.38 bits per heavy atom. The zero-order chi connectivity index (χ0) is 18.0. The van der Waals surface area contributed by atoms with Gasteiger partial charge in [-0.05, 0) is 16.7 Å². The van der Waals surface area contributed by atoms with E-state index in [1.165, 1.54) is 0 Å². The molecule has 0 amide bonds. The van der Waals surface area contributed by atoms with Gasteiger partial charge in [0.1, 0.15) is 0 Å². The molecule has 0 atom stereocenters. The van der Waals surface area contributed by atoms with Crippen molar-refractivity contribution in [1.82, 2.24) is 4.90 Å². The highest BCUT2D eigenvalue weighted by Gasteiger charge is 2.49. The number of benzene rings is 3. The number of carbonyl (C=O) groups is 1. The molecule has 1 aliphatic rings. The van der Waals surface area contributed by atoms with Crippen molar-refractivity contribution in [2.24, 2.45) is 5.92 Å². The molecular formula is C23H21NO2. The summed E-state index contributed by atoms with van der Waals surface area (Å²) in [5, 5.41) is 9.40. The Kier molecular flexibility index (Phi) is 4.31. The van der Waals surface area contributed by atoms with Crippen LogP contribution in [0.2, 0.25) is 0 Å². The number of likely N-dealkylation sites (tertiary alicyclic amines) is 1. The van der Waals surface area contributed by atoms with Crippen molar-refractivity contribution in [1.29, 1.82) is 0 Å². The van der Waals surface area contributed by atoms with Gasteiger partial charge in [0.05, 0.1) is 11.5 Å². The minimum Gasteiger partial charge on any atom is -0.481 e. The minimum atomic E-state index is -0.718. The van der Waals surface area contributed by atoms with Gasteiger partial charge in [0.2, 0.25) is 0 Å². The van der Waals surface area contributed by atoms with Crippen molar-refractivity contribution >= 4 is 5.97 Å². The minimum absolute atomic E-state index is 0.314. The maximum absolute atomic E-state index is 11.4. The molecular weight excluding hydrogens is 322 g/mol. The molecule has 3 aromatic rings. The molecule has 0 saturated carbocycles. The van der Waals surface area contributed by atoms with E-state index in [4.69, 9.17) is 0 Å². The molecule has 0 aliphatic carbocycles. The molecule has 130 valence electrons. The highest BCUT2D eigenvalue weighted by atomic mass is 16.4. The molecule has 26 heavy (non-hydrogen) atoms. The quantitative estimate of drug-likeness (QED) is 0.712. The third-order valence-corrected chi connectivity index (χ3v) is 5.28. The van der Waals surface area contributed by atoms with Crippen LogP contribution in [-0.2, 0) is 10.3 Å². The van der Waals surface area contributed by atoms with Gasteiger partial charge in [0, 0.05) is 13.1 Å². The number of hydrogen-bond donors (Lipinski definition) is 1. The molecule has 0 aromatic heterocycles. The Bertz CT molecular complexity index is 775. The summed E-state index contributed by atoms with van der Waals surface area (Å²) in [5.74, 6) is -1.03. The van der Waals surface area contributed by atoms with Gasteiger partial charge in [-0.3, -0.25) is 9.69 Å². The van der Waals surface area contributed by atoms with Gasteiger partial charge in [-0.25, -0.2) is 0 Å². The third-order valence-electron chi connectivity index (χ3n) is 5.28. The summed E-state index contributed by atoms with van der Waals surface area (Å²) in [4.78, 5) is 13.7. The topological polar surface area (TPSA) is 40.5 Å². The largest absolute Gasteiger partial charge is 0.481 e. The Balaban J connectivity index is 1.94. The maximum atomic E-state index is 11.4. The molecule has 1 saturated heterocycles. The fourth-order valence-corrected chi connectivity index (χ4v) is 3.99. The number of carboxylic acids is 1. The van der Waals surface area contributed by atoms with E-state index in [1.807, 2.05) is 54.6 Å². The molecule has 3 heteroatoms. The summed E-state index contributed by atoms with van der Waals surface area (Å²) >= 11 is 0. The highest BCUT2D eigenvalue weighted by Crippen LogP contribution is 2.45. The van der Waals surface area contributed by atoms with E-state index in [1.54, 1.807) is 0 Å². The van der Waals surface area contributed by atoms with E-state index < -0.39 is 11.5 Å². The van der Waals surface area contributed by atoms with Crippen LogP contribution in [0.25, 0.3) is 0 Å². The van der Waals surface area contributed by atoms with Crippen LogP contribution in [0.3, 0.4) is 0 Å². The maximum Gasteiger partial charge on any atom is 0.309 e. The van der Waals surface area contributed by atoms with Crippen LogP contribution in [0.1, 0.15) is 16.7 Å². The highest BCUT2D eigenvalue weighted by molar-refractivity contribution is 5.72. The van der Waals surface area contributed by atoms with Crippen molar-refractivity contribution in [2.45, 2.75) is 5.54 Å². The first kappa shape index (κ1) is 16.6. The van der Waals surface area contributed by atoms with E-state index in [0.29, 0.717) is 13.1 Å². The average molecular weight is 343 g/mol. The summed E-state index contributed by atoms with van der Waals surface area (Å²) in [6.07, 6.45) is 0. The van der Waals surface area contributed by atoms with Gasteiger partial charge in [0.25, 0.3) is 0 Å². The number of rotatable bonds is 5. The second-order valence-electron chi connectivity index (χ2n) is 6.75. The first-order valence-electron chi connectivity index (χ1n) is 8.87. The monoisotopic (exact) mass is 343 g/mol. The summed E-state index contributed by atoms with van der Waals surface area (Å²) in [6.45, 7) is 1.07. The lowest BCUT2D eigenvalue weighted by molar-refractivity contribution is -0.149. The van der Waals surface area contributed by atoms with Crippen LogP contribution in [-0.4, -0.2) is 29.1 Å². The van der Waals surface area contributed by atoms with E-state index in [9.17, 15) is 9.90 Å². The van der Waals surface area contributed by atoms with E-state index in [-0.39, 0.29) is 5.92 Å². The summed E-state index contributed by atoms with van der Waals surface area (Å²) < 4.78 is 0. The molecule has 0 spiro atoms. The van der Waals surface area contributed by atoms with Crippen LogP contribution >= 0.6 is 0 Å². The fourth-order valence-electron chi connectivity index (χ4n) is 3.99. The second-order valence-corrected chi connectivity index (χ2v) is 6.75.